The van der Waals surface area contributed by atoms with E-state index in [1.807, 2.05) is 12.1 Å². The van der Waals surface area contributed by atoms with E-state index < -0.39 is 0 Å². The Morgan fingerprint density at radius 3 is 2.80 bits per heavy atom. The summed E-state index contributed by atoms with van der Waals surface area (Å²) in [6.07, 6.45) is 3.92. The lowest BCUT2D eigenvalue weighted by Crippen LogP contribution is -2.20. The molecular weight excluding hydrogens is 206 g/mol. The largest absolute Gasteiger partial charge is 0.381 e. The molecule has 0 amide bonds. The quantitative estimate of drug-likeness (QED) is 0.805. The Kier molecular flexibility index (Phi) is 3.20. The van der Waals surface area contributed by atoms with Crippen LogP contribution in [0.2, 0.25) is 5.02 Å². The smallest absolute Gasteiger partial charge is 0.0637 e. The van der Waals surface area contributed by atoms with Crippen molar-refractivity contribution in [3.05, 3.63) is 28.8 Å². The maximum atomic E-state index is 6.16. The van der Waals surface area contributed by atoms with E-state index in [1.54, 1.807) is 0 Å². The van der Waals surface area contributed by atoms with E-state index in [4.69, 9.17) is 11.6 Å². The van der Waals surface area contributed by atoms with Crippen LogP contribution >= 0.6 is 11.6 Å². The molecule has 0 aromatic heterocycles. The molecular formula is C13H18ClN. The number of rotatable bonds is 4. The molecule has 1 fully saturated rings. The maximum absolute atomic E-state index is 6.16. The van der Waals surface area contributed by atoms with E-state index in [0.717, 1.165) is 16.6 Å². The highest BCUT2D eigenvalue weighted by Gasteiger charge is 2.30. The number of benzene rings is 1. The second-order valence-electron chi connectivity index (χ2n) is 4.48. The van der Waals surface area contributed by atoms with Crippen molar-refractivity contribution in [3.63, 3.8) is 0 Å². The zero-order valence-corrected chi connectivity index (χ0v) is 10.1. The predicted octanol–water partition coefficient (Wildman–Crippen LogP) is 4.25. The highest BCUT2D eigenvalue weighted by molar-refractivity contribution is 6.33. The molecule has 0 heterocycles. The minimum atomic E-state index is 0.601. The third-order valence-electron chi connectivity index (χ3n) is 3.09. The lowest BCUT2D eigenvalue weighted by atomic mass is 10.1. The van der Waals surface area contributed by atoms with Gasteiger partial charge in [0.15, 0.2) is 0 Å². The molecule has 0 bridgehead atoms. The minimum Gasteiger partial charge on any atom is -0.381 e. The summed E-state index contributed by atoms with van der Waals surface area (Å²) in [6.45, 7) is 4.33. The first kappa shape index (κ1) is 10.8. The second-order valence-corrected chi connectivity index (χ2v) is 4.89. The van der Waals surface area contributed by atoms with Crippen LogP contribution < -0.4 is 5.32 Å². The van der Waals surface area contributed by atoms with Crippen LogP contribution in [0.3, 0.4) is 0 Å². The molecule has 2 heteroatoms. The molecule has 1 aliphatic carbocycles. The van der Waals surface area contributed by atoms with Crippen molar-refractivity contribution in [3.8, 4) is 0 Å². The van der Waals surface area contributed by atoms with E-state index in [0.29, 0.717) is 6.04 Å². The van der Waals surface area contributed by atoms with Crippen LogP contribution in [0.25, 0.3) is 0 Å². The Hall–Kier alpha value is -0.690. The fourth-order valence-corrected chi connectivity index (χ4v) is 2.17. The molecule has 15 heavy (non-hydrogen) atoms. The number of anilines is 1. The maximum Gasteiger partial charge on any atom is 0.0637 e. The lowest BCUT2D eigenvalue weighted by molar-refractivity contribution is 0.616. The number of nitrogens with one attached hydrogen (secondary N) is 1. The molecule has 1 unspecified atom stereocenters. The van der Waals surface area contributed by atoms with E-state index in [2.05, 4.69) is 25.2 Å². The highest BCUT2D eigenvalue weighted by Crippen LogP contribution is 2.36. The van der Waals surface area contributed by atoms with Crippen molar-refractivity contribution in [1.82, 2.24) is 0 Å². The highest BCUT2D eigenvalue weighted by atomic mass is 35.5. The standard InChI is InChI=1S/C13H18ClN/c1-3-12(10-5-6-10)15-13-8-9(2)4-7-11(13)14/h4,7-8,10,12,15H,3,5-6H2,1-2H3. The summed E-state index contributed by atoms with van der Waals surface area (Å²) in [5, 5.41) is 4.40. The molecule has 0 radical (unpaired) electrons. The average Bonchev–Trinajstić information content (AvgIpc) is 3.03. The van der Waals surface area contributed by atoms with E-state index in [9.17, 15) is 0 Å². The van der Waals surface area contributed by atoms with Gasteiger partial charge in [-0.2, -0.15) is 0 Å². The van der Waals surface area contributed by atoms with Gasteiger partial charge in [0, 0.05) is 6.04 Å². The molecule has 1 aromatic rings. The van der Waals surface area contributed by atoms with Gasteiger partial charge in [-0.1, -0.05) is 24.6 Å². The van der Waals surface area contributed by atoms with Crippen molar-refractivity contribution in [2.75, 3.05) is 5.32 Å². The summed E-state index contributed by atoms with van der Waals surface area (Å²) in [4.78, 5) is 0. The Bertz CT molecular complexity index is 344. The minimum absolute atomic E-state index is 0.601. The van der Waals surface area contributed by atoms with Gasteiger partial charge in [0.25, 0.3) is 0 Å². The molecule has 1 aromatic carbocycles. The molecule has 1 N–H and O–H groups in total. The normalized spacial score (nSPS) is 17.5. The summed E-state index contributed by atoms with van der Waals surface area (Å²) in [5.41, 5.74) is 2.35. The molecule has 0 saturated heterocycles. The van der Waals surface area contributed by atoms with Crippen molar-refractivity contribution in [2.24, 2.45) is 5.92 Å². The van der Waals surface area contributed by atoms with Crippen molar-refractivity contribution in [1.29, 1.82) is 0 Å². The SMILES string of the molecule is CCC(Nc1cc(C)ccc1Cl)C1CC1. The van der Waals surface area contributed by atoms with Crippen LogP contribution in [0.1, 0.15) is 31.7 Å². The number of hydrogen-bond acceptors (Lipinski definition) is 1. The summed E-state index contributed by atoms with van der Waals surface area (Å²) in [7, 11) is 0. The summed E-state index contributed by atoms with van der Waals surface area (Å²) in [5.74, 6) is 0.867. The average molecular weight is 224 g/mol. The van der Waals surface area contributed by atoms with Gasteiger partial charge in [0.2, 0.25) is 0 Å². The van der Waals surface area contributed by atoms with Crippen molar-refractivity contribution >= 4 is 17.3 Å². The van der Waals surface area contributed by atoms with E-state index in [-0.39, 0.29) is 0 Å². The molecule has 1 aliphatic rings. The molecule has 0 aliphatic heterocycles. The summed E-state index contributed by atoms with van der Waals surface area (Å²) in [6, 6.07) is 6.75. The van der Waals surface area contributed by atoms with Gasteiger partial charge in [-0.3, -0.25) is 0 Å². The van der Waals surface area contributed by atoms with Crippen LogP contribution in [0.15, 0.2) is 18.2 Å². The number of halogens is 1. The first-order valence-corrected chi connectivity index (χ1v) is 6.11. The van der Waals surface area contributed by atoms with Crippen LogP contribution in [0.5, 0.6) is 0 Å². The first-order valence-electron chi connectivity index (χ1n) is 5.73. The lowest BCUT2D eigenvalue weighted by Gasteiger charge is -2.18. The fraction of sp³-hybridized carbons (Fsp3) is 0.538. The molecule has 82 valence electrons. The third-order valence-corrected chi connectivity index (χ3v) is 3.42. The van der Waals surface area contributed by atoms with Crippen molar-refractivity contribution in [2.45, 2.75) is 39.2 Å². The molecule has 1 saturated carbocycles. The van der Waals surface area contributed by atoms with Crippen LogP contribution in [-0.2, 0) is 0 Å². The van der Waals surface area contributed by atoms with E-state index in [1.165, 1.54) is 24.8 Å². The van der Waals surface area contributed by atoms with Gasteiger partial charge in [-0.15, -0.1) is 0 Å². The zero-order chi connectivity index (χ0) is 10.8. The predicted molar refractivity (Wildman–Crippen MR) is 66.6 cm³/mol. The van der Waals surface area contributed by atoms with Gasteiger partial charge < -0.3 is 5.32 Å². The van der Waals surface area contributed by atoms with Crippen LogP contribution in [0.4, 0.5) is 5.69 Å². The Balaban J connectivity index is 2.11. The fourth-order valence-electron chi connectivity index (χ4n) is 2.00. The van der Waals surface area contributed by atoms with Crippen molar-refractivity contribution < 1.29 is 0 Å². The van der Waals surface area contributed by atoms with E-state index >= 15 is 0 Å². The Labute approximate surface area is 96.8 Å². The zero-order valence-electron chi connectivity index (χ0n) is 9.39. The van der Waals surface area contributed by atoms with Crippen LogP contribution in [-0.4, -0.2) is 6.04 Å². The molecule has 0 spiro atoms. The van der Waals surface area contributed by atoms with Gasteiger partial charge in [0.05, 0.1) is 10.7 Å². The summed E-state index contributed by atoms with van der Waals surface area (Å²) < 4.78 is 0. The first-order chi connectivity index (χ1) is 7.20. The molecule has 1 nitrogen and oxygen atoms in total. The monoisotopic (exact) mass is 223 g/mol. The second kappa shape index (κ2) is 4.44. The number of hydrogen-bond donors (Lipinski definition) is 1. The Morgan fingerprint density at radius 2 is 2.20 bits per heavy atom. The van der Waals surface area contributed by atoms with Gasteiger partial charge >= 0.3 is 0 Å². The Morgan fingerprint density at radius 1 is 1.47 bits per heavy atom. The molecule has 1 atom stereocenters. The van der Waals surface area contributed by atoms with Gasteiger partial charge in [-0.05, 0) is 49.8 Å². The van der Waals surface area contributed by atoms with Gasteiger partial charge in [0.1, 0.15) is 0 Å². The van der Waals surface area contributed by atoms with Crippen LogP contribution in [0, 0.1) is 12.8 Å². The third kappa shape index (κ3) is 2.66. The van der Waals surface area contributed by atoms with Gasteiger partial charge in [-0.25, -0.2) is 0 Å². The topological polar surface area (TPSA) is 12.0 Å². The number of aryl methyl sites for hydroxylation is 1. The molecule has 2 rings (SSSR count). The summed E-state index contributed by atoms with van der Waals surface area (Å²) >= 11 is 6.16.